The van der Waals surface area contributed by atoms with Gasteiger partial charge in [-0.05, 0) is 26.7 Å². The molecule has 1 N–H and O–H groups in total. The molecule has 5 rings (SSSR count). The SMILES string of the molecule is CCn1ncc2c(NC3CCCCC3)c(C3=NOC4(C3)CC(C#N)C4)c(C)nc21. The number of hydrogen-bond donors (Lipinski definition) is 1. The maximum absolute atomic E-state index is 9.15. The summed E-state index contributed by atoms with van der Waals surface area (Å²) in [6, 6.07) is 2.82. The number of hydrogen-bond acceptors (Lipinski definition) is 6. The molecule has 7 nitrogen and oxygen atoms in total. The minimum Gasteiger partial charge on any atom is -0.388 e. The van der Waals surface area contributed by atoms with E-state index in [0.717, 1.165) is 59.5 Å². The Bertz CT molecular complexity index is 1000. The van der Waals surface area contributed by atoms with Crippen LogP contribution in [0.1, 0.15) is 69.5 Å². The molecule has 0 atom stereocenters. The highest BCUT2D eigenvalue weighted by molar-refractivity contribution is 6.12. The largest absolute Gasteiger partial charge is 0.388 e. The second-order valence-corrected chi connectivity index (χ2v) is 8.85. The molecule has 2 aromatic heterocycles. The van der Waals surface area contributed by atoms with Gasteiger partial charge in [0.25, 0.3) is 0 Å². The summed E-state index contributed by atoms with van der Waals surface area (Å²) in [7, 11) is 0. The summed E-state index contributed by atoms with van der Waals surface area (Å²) in [5.74, 6) is 0.0915. The second-order valence-electron chi connectivity index (χ2n) is 8.85. The number of nitriles is 1. The smallest absolute Gasteiger partial charge is 0.160 e. The molecule has 152 valence electrons. The van der Waals surface area contributed by atoms with Crippen molar-refractivity contribution < 1.29 is 4.84 Å². The average Bonchev–Trinajstić information content (AvgIpc) is 3.32. The summed E-state index contributed by atoms with van der Waals surface area (Å²) in [5, 5.41) is 23.1. The van der Waals surface area contributed by atoms with Crippen LogP contribution >= 0.6 is 0 Å². The summed E-state index contributed by atoms with van der Waals surface area (Å²) in [6.45, 7) is 4.94. The van der Waals surface area contributed by atoms with Gasteiger partial charge in [-0.3, -0.25) is 0 Å². The minimum absolute atomic E-state index is 0.0915. The molecule has 0 radical (unpaired) electrons. The van der Waals surface area contributed by atoms with Crippen molar-refractivity contribution >= 4 is 22.4 Å². The first-order chi connectivity index (χ1) is 14.1. The molecule has 2 fully saturated rings. The molecule has 2 saturated carbocycles. The van der Waals surface area contributed by atoms with Crippen molar-refractivity contribution in [1.29, 1.82) is 5.26 Å². The van der Waals surface area contributed by atoms with Crippen LogP contribution in [-0.4, -0.2) is 32.1 Å². The normalized spacial score (nSPS) is 26.8. The van der Waals surface area contributed by atoms with Crippen LogP contribution < -0.4 is 5.32 Å². The van der Waals surface area contributed by atoms with Crippen LogP contribution in [0.15, 0.2) is 11.4 Å². The highest BCUT2D eigenvalue weighted by atomic mass is 16.7. The van der Waals surface area contributed by atoms with E-state index in [2.05, 4.69) is 35.5 Å². The number of aromatic nitrogens is 3. The zero-order chi connectivity index (χ0) is 20.0. The molecule has 3 aliphatic rings. The molecular weight excluding hydrogens is 364 g/mol. The Balaban J connectivity index is 1.54. The lowest BCUT2D eigenvalue weighted by Gasteiger charge is -2.38. The lowest BCUT2D eigenvalue weighted by Crippen LogP contribution is -2.43. The van der Waals surface area contributed by atoms with Gasteiger partial charge in [0.1, 0.15) is 5.60 Å². The Morgan fingerprint density at radius 2 is 2.10 bits per heavy atom. The van der Waals surface area contributed by atoms with E-state index >= 15 is 0 Å². The molecule has 29 heavy (non-hydrogen) atoms. The predicted octanol–water partition coefficient (Wildman–Crippen LogP) is 4.30. The second kappa shape index (κ2) is 7.01. The number of nitrogens with one attached hydrogen (secondary N) is 1. The van der Waals surface area contributed by atoms with Crippen molar-refractivity contribution in [3.05, 3.63) is 17.5 Å². The Morgan fingerprint density at radius 1 is 1.31 bits per heavy atom. The van der Waals surface area contributed by atoms with E-state index in [1.165, 1.54) is 32.1 Å². The zero-order valence-electron chi connectivity index (χ0n) is 17.2. The van der Waals surface area contributed by atoms with E-state index in [1.54, 1.807) is 0 Å². The molecule has 0 unspecified atom stereocenters. The molecule has 0 aromatic carbocycles. The lowest BCUT2D eigenvalue weighted by atomic mass is 9.69. The Labute approximate surface area is 171 Å². The summed E-state index contributed by atoms with van der Waals surface area (Å²) in [6.07, 6.45) is 10.5. The van der Waals surface area contributed by atoms with Crippen LogP contribution in [0.4, 0.5) is 5.69 Å². The van der Waals surface area contributed by atoms with Gasteiger partial charge in [-0.15, -0.1) is 0 Å². The van der Waals surface area contributed by atoms with E-state index in [-0.39, 0.29) is 11.5 Å². The van der Waals surface area contributed by atoms with Gasteiger partial charge in [-0.1, -0.05) is 24.4 Å². The van der Waals surface area contributed by atoms with Crippen molar-refractivity contribution in [3.63, 3.8) is 0 Å². The van der Waals surface area contributed by atoms with E-state index in [4.69, 9.17) is 15.1 Å². The van der Waals surface area contributed by atoms with E-state index in [9.17, 15) is 0 Å². The standard InChI is InChI=1S/C22H28N6O/c1-3-28-21-17(13-24-28)20(26-16-7-5-4-6-8-16)19(14(2)25-21)18-11-22(29-27-18)9-15(10-22)12-23/h13,15-16H,3-11H2,1-2H3,(H,25,26). The van der Waals surface area contributed by atoms with Crippen LogP contribution in [0.2, 0.25) is 0 Å². The van der Waals surface area contributed by atoms with Crippen LogP contribution in [-0.2, 0) is 11.4 Å². The van der Waals surface area contributed by atoms with Crippen molar-refractivity contribution in [3.8, 4) is 6.07 Å². The van der Waals surface area contributed by atoms with Crippen LogP contribution in [0.25, 0.3) is 11.0 Å². The van der Waals surface area contributed by atoms with E-state index in [1.807, 2.05) is 10.9 Å². The quantitative estimate of drug-likeness (QED) is 0.838. The van der Waals surface area contributed by atoms with Gasteiger partial charge in [0, 0.05) is 37.4 Å². The Morgan fingerprint density at radius 3 is 2.83 bits per heavy atom. The summed E-state index contributed by atoms with van der Waals surface area (Å²) in [5.41, 5.74) is 4.73. The van der Waals surface area contributed by atoms with Gasteiger partial charge >= 0.3 is 0 Å². The lowest BCUT2D eigenvalue weighted by molar-refractivity contribution is -0.0941. The van der Waals surface area contributed by atoms with Gasteiger partial charge in [-0.25, -0.2) is 9.67 Å². The molecule has 3 heterocycles. The third-order valence-corrected chi connectivity index (χ3v) is 6.77. The highest BCUT2D eigenvalue weighted by Crippen LogP contribution is 2.48. The zero-order valence-corrected chi connectivity index (χ0v) is 17.2. The van der Waals surface area contributed by atoms with Crippen molar-refractivity contribution in [1.82, 2.24) is 14.8 Å². The fourth-order valence-corrected chi connectivity index (χ4v) is 5.19. The number of oxime groups is 1. The molecule has 1 aliphatic heterocycles. The molecule has 0 bridgehead atoms. The first-order valence-electron chi connectivity index (χ1n) is 10.9. The average molecular weight is 393 g/mol. The first-order valence-corrected chi connectivity index (χ1v) is 10.9. The predicted molar refractivity (Wildman–Crippen MR) is 112 cm³/mol. The number of aryl methyl sites for hydroxylation is 2. The summed E-state index contributed by atoms with van der Waals surface area (Å²) >= 11 is 0. The molecule has 2 aromatic rings. The summed E-state index contributed by atoms with van der Waals surface area (Å²) < 4.78 is 1.95. The van der Waals surface area contributed by atoms with Crippen molar-refractivity contribution in [2.24, 2.45) is 11.1 Å². The van der Waals surface area contributed by atoms with Crippen LogP contribution in [0.5, 0.6) is 0 Å². The molecule has 0 amide bonds. The Kier molecular flexibility index (Phi) is 4.45. The van der Waals surface area contributed by atoms with Crippen LogP contribution in [0, 0.1) is 24.2 Å². The van der Waals surface area contributed by atoms with Gasteiger partial charge in [-0.2, -0.15) is 10.4 Å². The van der Waals surface area contributed by atoms with Gasteiger partial charge in [0.2, 0.25) is 0 Å². The fourth-order valence-electron chi connectivity index (χ4n) is 5.19. The summed E-state index contributed by atoms with van der Waals surface area (Å²) in [4.78, 5) is 10.8. The fraction of sp³-hybridized carbons (Fsp3) is 0.636. The van der Waals surface area contributed by atoms with Gasteiger partial charge in [0.15, 0.2) is 5.65 Å². The highest BCUT2D eigenvalue weighted by Gasteiger charge is 2.51. The van der Waals surface area contributed by atoms with Gasteiger partial charge < -0.3 is 10.2 Å². The third kappa shape index (κ3) is 3.06. The molecule has 0 saturated heterocycles. The number of nitrogens with zero attached hydrogens (tertiary/aromatic N) is 5. The minimum atomic E-state index is -0.285. The molecular formula is C22H28N6O. The molecule has 2 aliphatic carbocycles. The van der Waals surface area contributed by atoms with Crippen LogP contribution in [0.3, 0.4) is 0 Å². The Hall–Kier alpha value is -2.62. The van der Waals surface area contributed by atoms with E-state index in [0.29, 0.717) is 6.04 Å². The maximum Gasteiger partial charge on any atom is 0.160 e. The monoisotopic (exact) mass is 392 g/mol. The van der Waals surface area contributed by atoms with E-state index < -0.39 is 0 Å². The number of anilines is 1. The topological polar surface area (TPSA) is 88.1 Å². The third-order valence-electron chi connectivity index (χ3n) is 6.77. The molecule has 1 spiro atoms. The number of rotatable bonds is 4. The first kappa shape index (κ1) is 18.4. The van der Waals surface area contributed by atoms with Crippen molar-refractivity contribution in [2.75, 3.05) is 5.32 Å². The molecule has 7 heteroatoms. The number of pyridine rings is 1. The maximum atomic E-state index is 9.15. The van der Waals surface area contributed by atoms with Crippen molar-refractivity contribution in [2.45, 2.75) is 83.4 Å². The number of fused-ring (bicyclic) bond motifs is 1. The van der Waals surface area contributed by atoms with Gasteiger partial charge in [0.05, 0.1) is 40.7 Å².